The summed E-state index contributed by atoms with van der Waals surface area (Å²) in [7, 11) is 0. The molecule has 1 aromatic heterocycles. The van der Waals surface area contributed by atoms with Gasteiger partial charge in [-0.3, -0.25) is 4.79 Å². The molecule has 1 heterocycles. The minimum Gasteiger partial charge on any atom is -0.448 e. The molecule has 0 saturated carbocycles. The fourth-order valence-corrected chi connectivity index (χ4v) is 1.14. The van der Waals surface area contributed by atoms with Crippen LogP contribution in [0.2, 0.25) is 0 Å². The van der Waals surface area contributed by atoms with E-state index in [9.17, 15) is 4.79 Å². The summed E-state index contributed by atoms with van der Waals surface area (Å²) in [5.41, 5.74) is 0.360. The Labute approximate surface area is 83.7 Å². The number of carbonyl (C=O) groups is 1. The fourth-order valence-electron chi connectivity index (χ4n) is 1.14. The highest BCUT2D eigenvalue weighted by molar-refractivity contribution is 5.91. The normalized spacial score (nSPS) is 10.1. The van der Waals surface area contributed by atoms with E-state index in [1.807, 2.05) is 0 Å². The molecular formula is C10H16N2O2. The van der Waals surface area contributed by atoms with Gasteiger partial charge in [0.15, 0.2) is 11.6 Å². The topological polar surface area (TPSA) is 55.1 Å². The molecule has 14 heavy (non-hydrogen) atoms. The number of amides is 1. The van der Waals surface area contributed by atoms with Crippen LogP contribution in [-0.2, 0) is 0 Å². The third kappa shape index (κ3) is 3.20. The van der Waals surface area contributed by atoms with Gasteiger partial charge in [-0.15, -0.1) is 0 Å². The smallest absolute Gasteiger partial charge is 0.273 e. The summed E-state index contributed by atoms with van der Waals surface area (Å²) in [6, 6.07) is 0. The summed E-state index contributed by atoms with van der Waals surface area (Å²) >= 11 is 0. The lowest BCUT2D eigenvalue weighted by Crippen LogP contribution is -2.24. The molecule has 0 atom stereocenters. The standard InChI is InChI=1S/C10H16N2O2/c1-3-4-5-6-11-10(13)9-7-14-8(2)12-9/h7H,3-6H2,1-2H3,(H,11,13). The molecule has 1 aromatic rings. The second-order valence-electron chi connectivity index (χ2n) is 3.21. The van der Waals surface area contributed by atoms with Gasteiger partial charge in [0.25, 0.3) is 5.91 Å². The number of nitrogens with one attached hydrogen (secondary N) is 1. The van der Waals surface area contributed by atoms with Gasteiger partial charge in [-0.1, -0.05) is 19.8 Å². The Morgan fingerprint density at radius 3 is 2.93 bits per heavy atom. The van der Waals surface area contributed by atoms with Crippen molar-refractivity contribution >= 4 is 5.91 Å². The highest BCUT2D eigenvalue weighted by Gasteiger charge is 2.08. The first-order valence-corrected chi connectivity index (χ1v) is 4.94. The quantitative estimate of drug-likeness (QED) is 0.732. The second-order valence-corrected chi connectivity index (χ2v) is 3.21. The first-order valence-electron chi connectivity index (χ1n) is 4.94. The summed E-state index contributed by atoms with van der Waals surface area (Å²) in [6.07, 6.45) is 4.68. The van der Waals surface area contributed by atoms with Gasteiger partial charge in [-0.2, -0.15) is 0 Å². The number of carbonyl (C=O) groups excluding carboxylic acids is 1. The van der Waals surface area contributed by atoms with Gasteiger partial charge < -0.3 is 9.73 Å². The van der Waals surface area contributed by atoms with Crippen molar-refractivity contribution in [1.82, 2.24) is 10.3 Å². The van der Waals surface area contributed by atoms with Crippen LogP contribution >= 0.6 is 0 Å². The zero-order chi connectivity index (χ0) is 10.4. The van der Waals surface area contributed by atoms with Crippen molar-refractivity contribution in [2.45, 2.75) is 33.1 Å². The van der Waals surface area contributed by atoms with Gasteiger partial charge in [-0.25, -0.2) is 4.98 Å². The molecule has 0 aliphatic carbocycles. The Bertz CT molecular complexity index is 294. The van der Waals surface area contributed by atoms with E-state index in [1.54, 1.807) is 6.92 Å². The Morgan fingerprint density at radius 1 is 1.57 bits per heavy atom. The Kier molecular flexibility index (Phi) is 4.16. The van der Waals surface area contributed by atoms with Crippen molar-refractivity contribution in [1.29, 1.82) is 0 Å². The number of rotatable bonds is 5. The predicted octanol–water partition coefficient (Wildman–Crippen LogP) is 1.90. The summed E-state index contributed by atoms with van der Waals surface area (Å²) in [5, 5.41) is 2.79. The maximum atomic E-state index is 11.4. The average Bonchev–Trinajstić information content (AvgIpc) is 2.59. The molecule has 0 fully saturated rings. The number of unbranched alkanes of at least 4 members (excludes halogenated alkanes) is 2. The minimum absolute atomic E-state index is 0.155. The number of aromatic nitrogens is 1. The van der Waals surface area contributed by atoms with Gasteiger partial charge in [-0.05, 0) is 6.42 Å². The van der Waals surface area contributed by atoms with Crippen molar-refractivity contribution in [3.63, 3.8) is 0 Å². The summed E-state index contributed by atoms with van der Waals surface area (Å²) < 4.78 is 4.94. The maximum absolute atomic E-state index is 11.4. The van der Waals surface area contributed by atoms with Crippen molar-refractivity contribution in [3.8, 4) is 0 Å². The lowest BCUT2D eigenvalue weighted by atomic mass is 10.2. The predicted molar refractivity (Wildman–Crippen MR) is 53.1 cm³/mol. The molecule has 4 nitrogen and oxygen atoms in total. The molecule has 1 N–H and O–H groups in total. The third-order valence-corrected chi connectivity index (χ3v) is 1.92. The van der Waals surface area contributed by atoms with E-state index in [2.05, 4.69) is 17.2 Å². The third-order valence-electron chi connectivity index (χ3n) is 1.92. The first-order chi connectivity index (χ1) is 6.74. The molecule has 1 rings (SSSR count). The van der Waals surface area contributed by atoms with Crippen molar-refractivity contribution in [2.75, 3.05) is 6.54 Å². The molecule has 0 saturated heterocycles. The minimum atomic E-state index is -0.155. The highest BCUT2D eigenvalue weighted by Crippen LogP contribution is 2.00. The zero-order valence-electron chi connectivity index (χ0n) is 8.67. The second kappa shape index (κ2) is 5.42. The maximum Gasteiger partial charge on any atom is 0.273 e. The van der Waals surface area contributed by atoms with Crippen LogP contribution in [0.25, 0.3) is 0 Å². The van der Waals surface area contributed by atoms with Crippen LogP contribution in [-0.4, -0.2) is 17.4 Å². The fraction of sp³-hybridized carbons (Fsp3) is 0.600. The molecule has 0 radical (unpaired) electrons. The Hall–Kier alpha value is -1.32. The lowest BCUT2D eigenvalue weighted by Gasteiger charge is -2.00. The van der Waals surface area contributed by atoms with Crippen molar-refractivity contribution < 1.29 is 9.21 Å². The van der Waals surface area contributed by atoms with Crippen LogP contribution in [0.5, 0.6) is 0 Å². The summed E-state index contributed by atoms with van der Waals surface area (Å²) in [4.78, 5) is 15.3. The van der Waals surface area contributed by atoms with E-state index in [0.29, 0.717) is 18.1 Å². The number of oxazole rings is 1. The van der Waals surface area contributed by atoms with Crippen LogP contribution in [0.15, 0.2) is 10.7 Å². The lowest BCUT2D eigenvalue weighted by molar-refractivity contribution is 0.0948. The SMILES string of the molecule is CCCCCNC(=O)c1coc(C)n1. The highest BCUT2D eigenvalue weighted by atomic mass is 16.3. The van der Waals surface area contributed by atoms with Gasteiger partial charge in [0.1, 0.15) is 6.26 Å². The van der Waals surface area contributed by atoms with Crippen molar-refractivity contribution in [2.24, 2.45) is 0 Å². The van der Waals surface area contributed by atoms with E-state index < -0.39 is 0 Å². The molecule has 0 unspecified atom stereocenters. The molecule has 0 spiro atoms. The van der Waals surface area contributed by atoms with Crippen LogP contribution in [0, 0.1) is 6.92 Å². The van der Waals surface area contributed by atoms with E-state index in [0.717, 1.165) is 19.3 Å². The molecule has 78 valence electrons. The molecule has 0 bridgehead atoms. The van der Waals surface area contributed by atoms with E-state index >= 15 is 0 Å². The Balaban J connectivity index is 2.29. The van der Waals surface area contributed by atoms with Gasteiger partial charge in [0.05, 0.1) is 0 Å². The molecule has 0 aromatic carbocycles. The summed E-state index contributed by atoms with van der Waals surface area (Å²) in [6.45, 7) is 4.55. The van der Waals surface area contributed by atoms with Gasteiger partial charge >= 0.3 is 0 Å². The molecule has 1 amide bonds. The van der Waals surface area contributed by atoms with Crippen LogP contribution < -0.4 is 5.32 Å². The van der Waals surface area contributed by atoms with Crippen molar-refractivity contribution in [3.05, 3.63) is 17.8 Å². The van der Waals surface area contributed by atoms with E-state index in [1.165, 1.54) is 6.26 Å². The summed E-state index contributed by atoms with van der Waals surface area (Å²) in [5.74, 6) is 0.363. The van der Waals surface area contributed by atoms with Crippen LogP contribution in [0.3, 0.4) is 0 Å². The molecule has 4 heteroatoms. The number of hydrogen-bond acceptors (Lipinski definition) is 3. The average molecular weight is 196 g/mol. The molecule has 0 aliphatic rings. The van der Waals surface area contributed by atoms with Crippen LogP contribution in [0.4, 0.5) is 0 Å². The molecule has 0 aliphatic heterocycles. The van der Waals surface area contributed by atoms with E-state index in [-0.39, 0.29) is 5.91 Å². The largest absolute Gasteiger partial charge is 0.448 e. The van der Waals surface area contributed by atoms with Crippen LogP contribution in [0.1, 0.15) is 42.6 Å². The monoisotopic (exact) mass is 196 g/mol. The number of hydrogen-bond donors (Lipinski definition) is 1. The van der Waals surface area contributed by atoms with Gasteiger partial charge in [0, 0.05) is 13.5 Å². The first kappa shape index (κ1) is 10.8. The number of nitrogens with zero attached hydrogens (tertiary/aromatic N) is 1. The van der Waals surface area contributed by atoms with Gasteiger partial charge in [0.2, 0.25) is 0 Å². The molecular weight excluding hydrogens is 180 g/mol. The number of aryl methyl sites for hydroxylation is 1. The Morgan fingerprint density at radius 2 is 2.36 bits per heavy atom. The zero-order valence-corrected chi connectivity index (χ0v) is 8.67. The van der Waals surface area contributed by atoms with E-state index in [4.69, 9.17) is 4.42 Å².